The van der Waals surface area contributed by atoms with E-state index in [4.69, 9.17) is 10.5 Å². The van der Waals surface area contributed by atoms with Crippen molar-refractivity contribution in [2.75, 3.05) is 13.3 Å². The lowest BCUT2D eigenvalue weighted by Crippen LogP contribution is -2.41. The van der Waals surface area contributed by atoms with Crippen molar-refractivity contribution in [1.29, 1.82) is 0 Å². The zero-order valence-corrected chi connectivity index (χ0v) is 13.4. The van der Waals surface area contributed by atoms with Crippen LogP contribution in [0.3, 0.4) is 0 Å². The van der Waals surface area contributed by atoms with Crippen LogP contribution in [0.15, 0.2) is 54.6 Å². The quantitative estimate of drug-likeness (QED) is 0.938. The van der Waals surface area contributed by atoms with Gasteiger partial charge in [-0.1, -0.05) is 42.5 Å². The molecule has 2 aromatic carbocycles. The minimum Gasteiger partial charge on any atom is -0.366 e. The van der Waals surface area contributed by atoms with Gasteiger partial charge in [0.25, 0.3) is 0 Å². The molecule has 2 aromatic rings. The van der Waals surface area contributed by atoms with Crippen molar-refractivity contribution < 1.29 is 14.3 Å². The first-order valence-corrected chi connectivity index (χ1v) is 7.96. The number of nitrogens with two attached hydrogens (primary N) is 1. The smallest absolute Gasteiger partial charge is 0.248 e. The SMILES string of the molecule is NC(=O)c1ccc(CC(=O)N2COCC[C@H]2c2ccccc2)cc1. The highest BCUT2D eigenvalue weighted by atomic mass is 16.5. The van der Waals surface area contributed by atoms with Gasteiger partial charge in [0.15, 0.2) is 0 Å². The minimum atomic E-state index is -0.471. The topological polar surface area (TPSA) is 72.6 Å². The highest BCUT2D eigenvalue weighted by Crippen LogP contribution is 2.28. The van der Waals surface area contributed by atoms with Crippen molar-refractivity contribution in [3.8, 4) is 0 Å². The lowest BCUT2D eigenvalue weighted by Gasteiger charge is -2.36. The first-order chi connectivity index (χ1) is 11.6. The highest BCUT2D eigenvalue weighted by molar-refractivity contribution is 5.92. The lowest BCUT2D eigenvalue weighted by atomic mass is 10.0. The van der Waals surface area contributed by atoms with Gasteiger partial charge in [-0.2, -0.15) is 0 Å². The van der Waals surface area contributed by atoms with E-state index in [0.717, 1.165) is 17.5 Å². The van der Waals surface area contributed by atoms with Gasteiger partial charge in [-0.3, -0.25) is 9.59 Å². The number of amides is 2. The molecule has 1 aliphatic heterocycles. The van der Waals surface area contributed by atoms with Crippen LogP contribution >= 0.6 is 0 Å². The van der Waals surface area contributed by atoms with Crippen molar-refractivity contribution in [2.24, 2.45) is 5.73 Å². The summed E-state index contributed by atoms with van der Waals surface area (Å²) in [6, 6.07) is 16.9. The van der Waals surface area contributed by atoms with Crippen LogP contribution in [0, 0.1) is 0 Å². The predicted octanol–water partition coefficient (Wildman–Crippen LogP) is 2.28. The maximum absolute atomic E-state index is 12.7. The molecular formula is C19H20N2O3. The second-order valence-electron chi connectivity index (χ2n) is 5.85. The fraction of sp³-hybridized carbons (Fsp3) is 0.263. The lowest BCUT2D eigenvalue weighted by molar-refractivity contribution is -0.146. The van der Waals surface area contributed by atoms with Gasteiger partial charge in [-0.15, -0.1) is 0 Å². The molecule has 0 aliphatic carbocycles. The number of benzene rings is 2. The number of primary amides is 1. The Labute approximate surface area is 141 Å². The molecule has 0 unspecified atom stereocenters. The summed E-state index contributed by atoms with van der Waals surface area (Å²) in [5, 5.41) is 0. The Morgan fingerprint density at radius 1 is 1.08 bits per heavy atom. The van der Waals surface area contributed by atoms with E-state index in [9.17, 15) is 9.59 Å². The third-order valence-electron chi connectivity index (χ3n) is 4.24. The molecule has 2 amide bonds. The summed E-state index contributed by atoms with van der Waals surface area (Å²) < 4.78 is 5.49. The van der Waals surface area contributed by atoms with Gasteiger partial charge in [-0.25, -0.2) is 0 Å². The first kappa shape index (κ1) is 16.2. The maximum atomic E-state index is 12.7. The normalized spacial score (nSPS) is 17.5. The Morgan fingerprint density at radius 3 is 2.46 bits per heavy atom. The largest absolute Gasteiger partial charge is 0.366 e. The summed E-state index contributed by atoms with van der Waals surface area (Å²) in [7, 11) is 0. The summed E-state index contributed by atoms with van der Waals surface area (Å²) in [6.45, 7) is 0.953. The van der Waals surface area contributed by atoms with E-state index in [2.05, 4.69) is 0 Å². The number of carbonyl (C=O) groups is 2. The molecule has 1 heterocycles. The van der Waals surface area contributed by atoms with Gasteiger partial charge in [0.05, 0.1) is 19.1 Å². The van der Waals surface area contributed by atoms with E-state index in [1.807, 2.05) is 30.3 Å². The molecule has 1 saturated heterocycles. The van der Waals surface area contributed by atoms with Crippen LogP contribution in [0.2, 0.25) is 0 Å². The summed E-state index contributed by atoms with van der Waals surface area (Å²) >= 11 is 0. The molecule has 0 saturated carbocycles. The number of nitrogens with zero attached hydrogens (tertiary/aromatic N) is 1. The molecular weight excluding hydrogens is 304 g/mol. The van der Waals surface area contributed by atoms with E-state index < -0.39 is 5.91 Å². The van der Waals surface area contributed by atoms with E-state index in [1.54, 1.807) is 29.2 Å². The number of hydrogen-bond acceptors (Lipinski definition) is 3. The highest BCUT2D eigenvalue weighted by Gasteiger charge is 2.28. The molecule has 0 radical (unpaired) electrons. The zero-order chi connectivity index (χ0) is 16.9. The second kappa shape index (κ2) is 7.27. The molecule has 24 heavy (non-hydrogen) atoms. The van der Waals surface area contributed by atoms with Gasteiger partial charge < -0.3 is 15.4 Å². The summed E-state index contributed by atoms with van der Waals surface area (Å²) in [5.74, 6) is -0.461. The number of hydrogen-bond donors (Lipinski definition) is 1. The molecule has 1 aliphatic rings. The van der Waals surface area contributed by atoms with Gasteiger partial charge in [-0.05, 0) is 29.7 Å². The average molecular weight is 324 g/mol. The third-order valence-corrected chi connectivity index (χ3v) is 4.24. The molecule has 0 spiro atoms. The van der Waals surface area contributed by atoms with Crippen molar-refractivity contribution in [3.63, 3.8) is 0 Å². The van der Waals surface area contributed by atoms with Gasteiger partial charge in [0.2, 0.25) is 11.8 Å². The number of ether oxygens (including phenoxy) is 1. The van der Waals surface area contributed by atoms with Crippen molar-refractivity contribution in [1.82, 2.24) is 4.90 Å². The molecule has 5 nitrogen and oxygen atoms in total. The minimum absolute atomic E-state index is 0.00961. The molecule has 5 heteroatoms. The van der Waals surface area contributed by atoms with Gasteiger partial charge in [0, 0.05) is 5.56 Å². The Balaban J connectivity index is 1.73. The third kappa shape index (κ3) is 3.63. The first-order valence-electron chi connectivity index (χ1n) is 7.96. The van der Waals surface area contributed by atoms with Crippen LogP contribution in [0.5, 0.6) is 0 Å². The Hall–Kier alpha value is -2.66. The number of rotatable bonds is 4. The molecule has 1 fully saturated rings. The van der Waals surface area contributed by atoms with Crippen molar-refractivity contribution in [2.45, 2.75) is 18.9 Å². The van der Waals surface area contributed by atoms with E-state index in [-0.39, 0.29) is 18.4 Å². The monoisotopic (exact) mass is 324 g/mol. The van der Waals surface area contributed by atoms with Crippen LogP contribution in [-0.4, -0.2) is 30.1 Å². The fourth-order valence-corrected chi connectivity index (χ4v) is 2.93. The van der Waals surface area contributed by atoms with Crippen molar-refractivity contribution >= 4 is 11.8 Å². The van der Waals surface area contributed by atoms with Gasteiger partial charge >= 0.3 is 0 Å². The fourth-order valence-electron chi connectivity index (χ4n) is 2.93. The average Bonchev–Trinajstić information content (AvgIpc) is 2.63. The Kier molecular flexibility index (Phi) is 4.91. The summed E-state index contributed by atoms with van der Waals surface area (Å²) in [4.78, 5) is 25.6. The maximum Gasteiger partial charge on any atom is 0.248 e. The van der Waals surface area contributed by atoms with E-state index in [0.29, 0.717) is 18.9 Å². The molecule has 124 valence electrons. The van der Waals surface area contributed by atoms with Crippen LogP contribution in [0.4, 0.5) is 0 Å². The molecule has 0 aromatic heterocycles. The van der Waals surface area contributed by atoms with Crippen LogP contribution in [0.1, 0.15) is 33.9 Å². The van der Waals surface area contributed by atoms with E-state index >= 15 is 0 Å². The predicted molar refractivity (Wildman–Crippen MR) is 90.1 cm³/mol. The van der Waals surface area contributed by atoms with Gasteiger partial charge in [0.1, 0.15) is 6.73 Å². The second-order valence-corrected chi connectivity index (χ2v) is 5.85. The Bertz CT molecular complexity index is 713. The van der Waals surface area contributed by atoms with Crippen molar-refractivity contribution in [3.05, 3.63) is 71.3 Å². The Morgan fingerprint density at radius 2 is 1.79 bits per heavy atom. The van der Waals surface area contributed by atoms with Crippen LogP contribution in [0.25, 0.3) is 0 Å². The van der Waals surface area contributed by atoms with Crippen LogP contribution in [-0.2, 0) is 16.0 Å². The number of carbonyl (C=O) groups excluding carboxylic acids is 2. The molecule has 2 N–H and O–H groups in total. The van der Waals surface area contributed by atoms with E-state index in [1.165, 1.54) is 0 Å². The zero-order valence-electron chi connectivity index (χ0n) is 13.4. The van der Waals surface area contributed by atoms with Crippen LogP contribution < -0.4 is 5.73 Å². The standard InChI is InChI=1S/C19H20N2O3/c20-19(23)16-8-6-14(7-9-16)12-18(22)21-13-24-11-10-17(21)15-4-2-1-3-5-15/h1-9,17H,10-13H2,(H2,20,23)/t17-/m0/s1. The molecule has 0 bridgehead atoms. The molecule has 1 atom stereocenters. The summed E-state index contributed by atoms with van der Waals surface area (Å²) in [6.07, 6.45) is 1.06. The molecule has 3 rings (SSSR count). The summed E-state index contributed by atoms with van der Waals surface area (Å²) in [5.41, 5.74) is 7.65.